The van der Waals surface area contributed by atoms with Crippen LogP contribution in [0.15, 0.2) is 0 Å². The van der Waals surface area contributed by atoms with Gasteiger partial charge in [0.15, 0.2) is 0 Å². The van der Waals surface area contributed by atoms with Crippen molar-refractivity contribution < 1.29 is 4.39 Å². The number of alkyl halides is 1. The molecule has 0 spiro atoms. The fraction of sp³-hybridized carbons (Fsp3) is 1.00. The average Bonchev–Trinajstić information content (AvgIpc) is 1.94. The first-order valence-electron chi connectivity index (χ1n) is 3.74. The summed E-state index contributed by atoms with van der Waals surface area (Å²) in [5, 5.41) is 0. The highest BCUT2D eigenvalue weighted by Crippen LogP contribution is 2.26. The van der Waals surface area contributed by atoms with Gasteiger partial charge in [-0.15, -0.1) is 0 Å². The standard InChI is InChI=1S/C7H13FIN/c1-5-2-3-6(8)4-7(5)10-9/h5-7,10H,2-4H2,1H3. The van der Waals surface area contributed by atoms with Gasteiger partial charge in [0.1, 0.15) is 6.17 Å². The number of rotatable bonds is 1. The van der Waals surface area contributed by atoms with Crippen molar-refractivity contribution in [1.29, 1.82) is 0 Å². The second-order valence-corrected chi connectivity index (χ2v) is 3.73. The smallest absolute Gasteiger partial charge is 0.102 e. The minimum Gasteiger partial charge on any atom is -0.258 e. The van der Waals surface area contributed by atoms with Crippen LogP contribution in [0.25, 0.3) is 0 Å². The molecule has 60 valence electrons. The zero-order valence-electron chi connectivity index (χ0n) is 6.11. The number of nitrogens with one attached hydrogen (secondary N) is 1. The molecule has 10 heavy (non-hydrogen) atoms. The topological polar surface area (TPSA) is 12.0 Å². The molecule has 0 aromatic heterocycles. The molecule has 1 aliphatic carbocycles. The third-order valence-electron chi connectivity index (χ3n) is 2.27. The van der Waals surface area contributed by atoms with Crippen molar-refractivity contribution in [2.45, 2.75) is 38.4 Å². The lowest BCUT2D eigenvalue weighted by Crippen LogP contribution is -2.35. The first-order valence-corrected chi connectivity index (χ1v) is 4.82. The molecule has 1 N–H and O–H groups in total. The minimum absolute atomic E-state index is 0.393. The van der Waals surface area contributed by atoms with Crippen molar-refractivity contribution in [3.05, 3.63) is 0 Å². The second-order valence-electron chi connectivity index (χ2n) is 3.10. The van der Waals surface area contributed by atoms with E-state index in [4.69, 9.17) is 0 Å². The van der Waals surface area contributed by atoms with Crippen LogP contribution in [0.3, 0.4) is 0 Å². The lowest BCUT2D eigenvalue weighted by atomic mass is 9.85. The maximum atomic E-state index is 12.8. The third-order valence-corrected chi connectivity index (χ3v) is 3.07. The van der Waals surface area contributed by atoms with Gasteiger partial charge in [-0.3, -0.25) is 3.53 Å². The Labute approximate surface area is 75.3 Å². The molecule has 3 unspecified atom stereocenters. The molecule has 0 aromatic rings. The quantitative estimate of drug-likeness (QED) is 0.562. The Kier molecular flexibility index (Phi) is 3.36. The van der Waals surface area contributed by atoms with Gasteiger partial charge in [0.2, 0.25) is 0 Å². The molecule has 0 amide bonds. The zero-order valence-corrected chi connectivity index (χ0v) is 8.27. The molecule has 1 aliphatic rings. The SMILES string of the molecule is CC1CCC(F)CC1NI. The van der Waals surface area contributed by atoms with Crippen LogP contribution in [0.4, 0.5) is 4.39 Å². The van der Waals surface area contributed by atoms with Crippen molar-refractivity contribution in [1.82, 2.24) is 3.53 Å². The second kappa shape index (κ2) is 3.85. The average molecular weight is 257 g/mol. The monoisotopic (exact) mass is 257 g/mol. The van der Waals surface area contributed by atoms with Gasteiger partial charge in [-0.2, -0.15) is 0 Å². The molecule has 3 heteroatoms. The van der Waals surface area contributed by atoms with Crippen molar-refractivity contribution in [3.63, 3.8) is 0 Å². The lowest BCUT2D eigenvalue weighted by molar-refractivity contribution is 0.187. The van der Waals surface area contributed by atoms with Gasteiger partial charge in [-0.1, -0.05) is 6.92 Å². The van der Waals surface area contributed by atoms with E-state index >= 15 is 0 Å². The molecular formula is C7H13FIN. The summed E-state index contributed by atoms with van der Waals surface area (Å²) >= 11 is 2.12. The van der Waals surface area contributed by atoms with Gasteiger partial charge < -0.3 is 0 Å². The van der Waals surface area contributed by atoms with E-state index in [2.05, 4.69) is 33.3 Å². The molecule has 0 aliphatic heterocycles. The third kappa shape index (κ3) is 2.05. The Bertz CT molecular complexity index is 110. The van der Waals surface area contributed by atoms with Crippen molar-refractivity contribution in [2.75, 3.05) is 0 Å². The molecule has 1 nitrogen and oxygen atoms in total. The highest BCUT2D eigenvalue weighted by Gasteiger charge is 2.26. The van der Waals surface area contributed by atoms with Crippen molar-refractivity contribution >= 4 is 22.9 Å². The first kappa shape index (κ1) is 8.71. The zero-order chi connectivity index (χ0) is 7.56. The molecule has 3 atom stereocenters. The maximum Gasteiger partial charge on any atom is 0.102 e. The first-order chi connectivity index (χ1) is 4.74. The van der Waals surface area contributed by atoms with E-state index in [1.807, 2.05) is 0 Å². The predicted molar refractivity (Wildman–Crippen MR) is 48.9 cm³/mol. The number of hydrogen-bond donors (Lipinski definition) is 1. The summed E-state index contributed by atoms with van der Waals surface area (Å²) in [4.78, 5) is 0. The van der Waals surface area contributed by atoms with Crippen LogP contribution in [-0.2, 0) is 0 Å². The maximum absolute atomic E-state index is 12.8. The van der Waals surface area contributed by atoms with Gasteiger partial charge in [0.05, 0.1) is 0 Å². The van der Waals surface area contributed by atoms with Crippen LogP contribution in [0, 0.1) is 5.92 Å². The lowest BCUT2D eigenvalue weighted by Gasteiger charge is -2.29. The van der Waals surface area contributed by atoms with Crippen LogP contribution in [0.2, 0.25) is 0 Å². The molecule has 1 fully saturated rings. The molecule has 0 saturated heterocycles. The molecular weight excluding hydrogens is 244 g/mol. The van der Waals surface area contributed by atoms with Gasteiger partial charge >= 0.3 is 0 Å². The molecule has 0 bridgehead atoms. The molecule has 1 rings (SSSR count). The summed E-state index contributed by atoms with van der Waals surface area (Å²) in [5.74, 6) is 0.642. The Morgan fingerprint density at radius 2 is 2.20 bits per heavy atom. The van der Waals surface area contributed by atoms with Gasteiger partial charge in [-0.05, 0) is 25.2 Å². The fourth-order valence-electron chi connectivity index (χ4n) is 1.42. The van der Waals surface area contributed by atoms with E-state index in [0.29, 0.717) is 18.4 Å². The van der Waals surface area contributed by atoms with E-state index in [1.54, 1.807) is 0 Å². The number of hydrogen-bond acceptors (Lipinski definition) is 1. The largest absolute Gasteiger partial charge is 0.258 e. The summed E-state index contributed by atoms with van der Waals surface area (Å²) in [6, 6.07) is 0.393. The van der Waals surface area contributed by atoms with E-state index in [9.17, 15) is 4.39 Å². The van der Waals surface area contributed by atoms with E-state index < -0.39 is 6.17 Å². The normalized spacial score (nSPS) is 41.7. The molecule has 0 aromatic carbocycles. The Hall–Kier alpha value is 0.620. The van der Waals surface area contributed by atoms with Gasteiger partial charge in [0.25, 0.3) is 0 Å². The summed E-state index contributed by atoms with van der Waals surface area (Å²) in [7, 11) is 0. The Balaban J connectivity index is 2.38. The van der Waals surface area contributed by atoms with Crippen LogP contribution in [0.1, 0.15) is 26.2 Å². The van der Waals surface area contributed by atoms with Crippen LogP contribution in [0.5, 0.6) is 0 Å². The molecule has 0 radical (unpaired) electrons. The van der Waals surface area contributed by atoms with E-state index in [-0.39, 0.29) is 0 Å². The predicted octanol–water partition coefficient (Wildman–Crippen LogP) is 2.45. The summed E-state index contributed by atoms with van der Waals surface area (Å²) in [6.07, 6.45) is 1.92. The summed E-state index contributed by atoms with van der Waals surface area (Å²) in [5.41, 5.74) is 0. The van der Waals surface area contributed by atoms with Gasteiger partial charge in [0, 0.05) is 28.9 Å². The summed E-state index contributed by atoms with van der Waals surface area (Å²) in [6.45, 7) is 2.18. The Morgan fingerprint density at radius 1 is 1.50 bits per heavy atom. The van der Waals surface area contributed by atoms with Crippen LogP contribution < -0.4 is 3.53 Å². The molecule has 0 heterocycles. The summed E-state index contributed by atoms with van der Waals surface area (Å²) < 4.78 is 15.9. The van der Waals surface area contributed by atoms with Crippen molar-refractivity contribution in [2.24, 2.45) is 5.92 Å². The van der Waals surface area contributed by atoms with E-state index in [1.165, 1.54) is 0 Å². The number of halogens is 2. The van der Waals surface area contributed by atoms with Gasteiger partial charge in [-0.25, -0.2) is 4.39 Å². The van der Waals surface area contributed by atoms with Crippen molar-refractivity contribution in [3.8, 4) is 0 Å². The highest BCUT2D eigenvalue weighted by molar-refractivity contribution is 14.1. The van der Waals surface area contributed by atoms with E-state index in [0.717, 1.165) is 12.8 Å². The molecule has 1 saturated carbocycles. The van der Waals surface area contributed by atoms with Crippen LogP contribution >= 0.6 is 22.9 Å². The minimum atomic E-state index is -0.566. The fourth-order valence-corrected chi connectivity index (χ4v) is 2.29. The highest BCUT2D eigenvalue weighted by atomic mass is 127. The Morgan fingerprint density at radius 3 is 2.70 bits per heavy atom. The van der Waals surface area contributed by atoms with Crippen LogP contribution in [-0.4, -0.2) is 12.2 Å².